The molecule has 0 unspecified atom stereocenters. The highest BCUT2D eigenvalue weighted by Crippen LogP contribution is 2.18. The van der Waals surface area contributed by atoms with E-state index in [0.717, 1.165) is 18.5 Å². The monoisotopic (exact) mass is 390 g/mol. The maximum absolute atomic E-state index is 12.9. The summed E-state index contributed by atoms with van der Waals surface area (Å²) >= 11 is 0. The normalized spacial score (nSPS) is 23.1. The van der Waals surface area contributed by atoms with Crippen LogP contribution < -0.4 is 0 Å². The molecule has 3 rings (SSSR count). The number of carbonyl (C=O) groups excluding carboxylic acids is 2. The highest BCUT2D eigenvalue weighted by atomic mass is 16.6. The molecule has 2 heterocycles. The number of amides is 2. The molecule has 2 fully saturated rings. The summed E-state index contributed by atoms with van der Waals surface area (Å²) in [5.74, 6) is -0.0595. The van der Waals surface area contributed by atoms with Gasteiger partial charge in [-0.3, -0.25) is 24.6 Å². The van der Waals surface area contributed by atoms with Gasteiger partial charge < -0.3 is 14.9 Å². The minimum atomic E-state index is -0.465. The number of hydrogen-bond acceptors (Lipinski definition) is 6. The first-order valence-electron chi connectivity index (χ1n) is 9.52. The Labute approximate surface area is 163 Å². The Kier molecular flexibility index (Phi) is 6.25. The van der Waals surface area contributed by atoms with Crippen LogP contribution in [0, 0.1) is 10.1 Å². The smallest absolute Gasteiger partial charge is 0.269 e. The van der Waals surface area contributed by atoms with Gasteiger partial charge in [0.1, 0.15) is 0 Å². The second-order valence-corrected chi connectivity index (χ2v) is 7.51. The van der Waals surface area contributed by atoms with Gasteiger partial charge in [0.25, 0.3) is 5.69 Å². The van der Waals surface area contributed by atoms with Gasteiger partial charge in [-0.05, 0) is 12.0 Å². The van der Waals surface area contributed by atoms with Gasteiger partial charge in [-0.15, -0.1) is 0 Å². The zero-order chi connectivity index (χ0) is 20.3. The number of carbonyl (C=O) groups is 2. The fraction of sp³-hybridized carbons (Fsp3) is 0.579. The maximum Gasteiger partial charge on any atom is 0.269 e. The van der Waals surface area contributed by atoms with E-state index in [4.69, 9.17) is 0 Å². The van der Waals surface area contributed by atoms with Crippen molar-refractivity contribution in [2.75, 3.05) is 39.3 Å². The average Bonchev–Trinajstić information content (AvgIpc) is 3.06. The Morgan fingerprint density at radius 3 is 2.46 bits per heavy atom. The lowest BCUT2D eigenvalue weighted by Crippen LogP contribution is -2.59. The fourth-order valence-corrected chi connectivity index (χ4v) is 3.91. The molecule has 28 heavy (non-hydrogen) atoms. The highest BCUT2D eigenvalue weighted by Gasteiger charge is 2.34. The molecule has 2 saturated heterocycles. The fourth-order valence-electron chi connectivity index (χ4n) is 3.91. The summed E-state index contributed by atoms with van der Waals surface area (Å²) in [6.45, 7) is 4.96. The molecule has 9 nitrogen and oxygen atoms in total. The van der Waals surface area contributed by atoms with Crippen LogP contribution in [0.25, 0.3) is 0 Å². The zero-order valence-corrected chi connectivity index (χ0v) is 16.0. The Morgan fingerprint density at radius 1 is 1.18 bits per heavy atom. The summed E-state index contributed by atoms with van der Waals surface area (Å²) in [6.07, 6.45) is 0.550. The minimum absolute atomic E-state index is 0.00302. The van der Waals surface area contributed by atoms with Crippen LogP contribution in [0.5, 0.6) is 0 Å². The summed E-state index contributed by atoms with van der Waals surface area (Å²) in [5.41, 5.74) is 0.719. The first kappa shape index (κ1) is 20.2. The third kappa shape index (κ3) is 4.85. The third-order valence-corrected chi connectivity index (χ3v) is 5.47. The molecule has 0 radical (unpaired) electrons. The highest BCUT2D eigenvalue weighted by molar-refractivity contribution is 5.80. The Balaban J connectivity index is 1.68. The summed E-state index contributed by atoms with van der Waals surface area (Å²) in [6, 6.07) is 5.88. The summed E-state index contributed by atoms with van der Waals surface area (Å²) in [4.78, 5) is 40.7. The van der Waals surface area contributed by atoms with Crippen molar-refractivity contribution in [2.24, 2.45) is 0 Å². The second-order valence-electron chi connectivity index (χ2n) is 7.51. The largest absolute Gasteiger partial charge is 0.392 e. The first-order chi connectivity index (χ1) is 13.3. The summed E-state index contributed by atoms with van der Waals surface area (Å²) in [7, 11) is 0. The number of nitrogens with zero attached hydrogens (tertiary/aromatic N) is 4. The standard InChI is InChI=1S/C19H26N4O5/c1-14(24)21-8-9-22(17(12-21)11-20-7-6-18(25)13-20)19(26)10-15-2-4-16(5-3-15)23(27)28/h2-5,17-18,25H,6-13H2,1H3/t17-,18-/m1/s1. The van der Waals surface area contributed by atoms with Crippen LogP contribution >= 0.6 is 0 Å². The lowest BCUT2D eigenvalue weighted by atomic mass is 10.1. The van der Waals surface area contributed by atoms with E-state index >= 15 is 0 Å². The molecule has 0 spiro atoms. The molecule has 2 aliphatic rings. The number of aliphatic hydroxyl groups excluding tert-OH is 1. The quantitative estimate of drug-likeness (QED) is 0.571. The van der Waals surface area contributed by atoms with Gasteiger partial charge in [0.2, 0.25) is 11.8 Å². The third-order valence-electron chi connectivity index (χ3n) is 5.47. The first-order valence-corrected chi connectivity index (χ1v) is 9.52. The van der Waals surface area contributed by atoms with E-state index in [1.807, 2.05) is 4.90 Å². The molecule has 152 valence electrons. The average molecular weight is 390 g/mol. The minimum Gasteiger partial charge on any atom is -0.392 e. The van der Waals surface area contributed by atoms with Crippen LogP contribution in [-0.2, 0) is 16.0 Å². The van der Waals surface area contributed by atoms with Gasteiger partial charge in [0.15, 0.2) is 0 Å². The number of benzene rings is 1. The van der Waals surface area contributed by atoms with Crippen LogP contribution in [0.3, 0.4) is 0 Å². The van der Waals surface area contributed by atoms with Gasteiger partial charge in [-0.2, -0.15) is 0 Å². The second kappa shape index (κ2) is 8.66. The maximum atomic E-state index is 12.9. The van der Waals surface area contributed by atoms with Crippen LogP contribution in [0.1, 0.15) is 18.9 Å². The molecular weight excluding hydrogens is 364 g/mol. The number of likely N-dealkylation sites (tertiary alicyclic amines) is 1. The number of rotatable bonds is 5. The van der Waals surface area contributed by atoms with Crippen molar-refractivity contribution in [3.8, 4) is 0 Å². The van der Waals surface area contributed by atoms with Crippen molar-refractivity contribution < 1.29 is 19.6 Å². The molecule has 2 atom stereocenters. The van der Waals surface area contributed by atoms with Gasteiger partial charge >= 0.3 is 0 Å². The van der Waals surface area contributed by atoms with E-state index in [-0.39, 0.29) is 36.1 Å². The van der Waals surface area contributed by atoms with Crippen molar-refractivity contribution in [3.05, 3.63) is 39.9 Å². The molecule has 0 saturated carbocycles. The number of aliphatic hydroxyl groups is 1. The van der Waals surface area contributed by atoms with Gasteiger partial charge in [0.05, 0.1) is 23.5 Å². The Bertz CT molecular complexity index is 738. The summed E-state index contributed by atoms with van der Waals surface area (Å²) in [5, 5.41) is 20.5. The predicted molar refractivity (Wildman–Crippen MR) is 102 cm³/mol. The van der Waals surface area contributed by atoms with Crippen molar-refractivity contribution >= 4 is 17.5 Å². The summed E-state index contributed by atoms with van der Waals surface area (Å²) < 4.78 is 0. The van der Waals surface area contributed by atoms with Gasteiger partial charge in [-0.25, -0.2) is 0 Å². The molecule has 2 aliphatic heterocycles. The zero-order valence-electron chi connectivity index (χ0n) is 16.0. The van der Waals surface area contributed by atoms with Crippen molar-refractivity contribution in [2.45, 2.75) is 31.9 Å². The molecule has 2 amide bonds. The molecule has 1 aromatic carbocycles. The van der Waals surface area contributed by atoms with E-state index in [9.17, 15) is 24.8 Å². The SMILES string of the molecule is CC(=O)N1CCN(C(=O)Cc2ccc([N+](=O)[O-])cc2)[C@H](CN2CC[C@@H](O)C2)C1. The van der Waals surface area contributed by atoms with Crippen LogP contribution in [0.15, 0.2) is 24.3 Å². The molecule has 1 aromatic rings. The number of nitro benzene ring substituents is 1. The van der Waals surface area contributed by atoms with E-state index < -0.39 is 4.92 Å². The molecule has 9 heteroatoms. The molecule has 0 aliphatic carbocycles. The number of piperazine rings is 1. The van der Waals surface area contributed by atoms with Gasteiger partial charge in [-0.1, -0.05) is 12.1 Å². The van der Waals surface area contributed by atoms with Gasteiger partial charge in [0, 0.05) is 58.3 Å². The number of non-ortho nitro benzene ring substituents is 1. The van der Waals surface area contributed by atoms with Crippen LogP contribution in [-0.4, -0.2) is 88.0 Å². The van der Waals surface area contributed by atoms with E-state index in [1.54, 1.807) is 17.0 Å². The van der Waals surface area contributed by atoms with Crippen LogP contribution in [0.4, 0.5) is 5.69 Å². The Hall–Kier alpha value is -2.52. The number of hydrogen-bond donors (Lipinski definition) is 1. The lowest BCUT2D eigenvalue weighted by Gasteiger charge is -2.42. The van der Waals surface area contributed by atoms with E-state index in [0.29, 0.717) is 32.7 Å². The molecule has 0 bridgehead atoms. The number of nitro groups is 1. The predicted octanol–water partition coefficient (Wildman–Crippen LogP) is 0.263. The van der Waals surface area contributed by atoms with Crippen molar-refractivity contribution in [1.82, 2.24) is 14.7 Å². The van der Waals surface area contributed by atoms with E-state index in [1.165, 1.54) is 19.1 Å². The molecular formula is C19H26N4O5. The lowest BCUT2D eigenvalue weighted by molar-refractivity contribution is -0.384. The van der Waals surface area contributed by atoms with Crippen molar-refractivity contribution in [1.29, 1.82) is 0 Å². The Morgan fingerprint density at radius 2 is 1.89 bits per heavy atom. The number of β-amino-alcohol motifs (C(OH)–C–C–N with tert-alkyl or cyclic N) is 1. The van der Waals surface area contributed by atoms with Crippen molar-refractivity contribution in [3.63, 3.8) is 0 Å². The van der Waals surface area contributed by atoms with Crippen LogP contribution in [0.2, 0.25) is 0 Å². The van der Waals surface area contributed by atoms with E-state index in [2.05, 4.69) is 4.90 Å². The molecule has 1 N–H and O–H groups in total. The molecule has 0 aromatic heterocycles. The topological polar surface area (TPSA) is 107 Å².